The monoisotopic (exact) mass is 359 g/mol. The Labute approximate surface area is 152 Å². The maximum absolute atomic E-state index is 12.9. The minimum Gasteiger partial charge on any atom is -0.351 e. The van der Waals surface area contributed by atoms with Gasteiger partial charge in [-0.25, -0.2) is 4.39 Å². The smallest absolute Gasteiger partial charge is 0.230 e. The summed E-state index contributed by atoms with van der Waals surface area (Å²) >= 11 is 1.42. The van der Waals surface area contributed by atoms with E-state index < -0.39 is 0 Å². The number of nitrogens with one attached hydrogen (secondary N) is 2. The third-order valence-electron chi connectivity index (χ3n) is 4.53. The van der Waals surface area contributed by atoms with Crippen LogP contribution in [-0.2, 0) is 17.9 Å². The second kappa shape index (κ2) is 9.02. The van der Waals surface area contributed by atoms with E-state index in [4.69, 9.17) is 0 Å². The van der Waals surface area contributed by atoms with Crippen LogP contribution in [0.1, 0.15) is 24.0 Å². The fourth-order valence-electron chi connectivity index (χ4n) is 3.15. The van der Waals surface area contributed by atoms with Crippen LogP contribution < -0.4 is 10.2 Å². The number of likely N-dealkylation sites (tertiary alicyclic amines) is 1. The Bertz CT molecular complexity index is 699. The Kier molecular flexibility index (Phi) is 6.48. The number of halogens is 1. The molecule has 0 bridgehead atoms. The molecule has 0 spiro atoms. The molecule has 25 heavy (non-hydrogen) atoms. The topological polar surface area (TPSA) is 33.5 Å². The van der Waals surface area contributed by atoms with E-state index in [2.05, 4.69) is 23.5 Å². The molecule has 1 aliphatic rings. The van der Waals surface area contributed by atoms with Crippen LogP contribution in [0.15, 0.2) is 53.4 Å². The fourth-order valence-corrected chi connectivity index (χ4v) is 3.88. The minimum atomic E-state index is -0.259. The van der Waals surface area contributed by atoms with Gasteiger partial charge in [0.1, 0.15) is 12.4 Å². The van der Waals surface area contributed by atoms with Gasteiger partial charge in [0.2, 0.25) is 5.91 Å². The Balaban J connectivity index is 1.49. The van der Waals surface area contributed by atoms with Crippen molar-refractivity contribution in [2.75, 3.05) is 18.8 Å². The molecule has 5 heteroatoms. The van der Waals surface area contributed by atoms with Gasteiger partial charge in [-0.1, -0.05) is 24.3 Å². The highest BCUT2D eigenvalue weighted by Gasteiger charge is 2.17. The van der Waals surface area contributed by atoms with E-state index in [1.54, 1.807) is 17.0 Å². The van der Waals surface area contributed by atoms with Crippen LogP contribution in [-0.4, -0.2) is 24.7 Å². The van der Waals surface area contributed by atoms with E-state index in [9.17, 15) is 9.18 Å². The maximum Gasteiger partial charge on any atom is 0.230 e. The van der Waals surface area contributed by atoms with E-state index in [0.29, 0.717) is 12.3 Å². The van der Waals surface area contributed by atoms with Gasteiger partial charge in [0.15, 0.2) is 0 Å². The lowest BCUT2D eigenvalue weighted by Crippen LogP contribution is -3.08. The van der Waals surface area contributed by atoms with Crippen molar-refractivity contribution in [3.05, 3.63) is 65.5 Å². The summed E-state index contributed by atoms with van der Waals surface area (Å²) in [5.74, 6) is 0.0775. The Morgan fingerprint density at radius 3 is 2.44 bits per heavy atom. The normalized spacial score (nSPS) is 14.6. The fraction of sp³-hybridized carbons (Fsp3) is 0.350. The Morgan fingerprint density at radius 2 is 1.72 bits per heavy atom. The predicted molar refractivity (Wildman–Crippen MR) is 99.0 cm³/mol. The summed E-state index contributed by atoms with van der Waals surface area (Å²) in [6.45, 7) is 4.09. The van der Waals surface area contributed by atoms with Gasteiger partial charge in [-0.05, 0) is 29.8 Å². The molecular weight excluding hydrogens is 335 g/mol. The van der Waals surface area contributed by atoms with Gasteiger partial charge >= 0.3 is 0 Å². The second-order valence-electron chi connectivity index (χ2n) is 6.42. The van der Waals surface area contributed by atoms with Gasteiger partial charge in [-0.15, -0.1) is 11.8 Å². The third-order valence-corrected chi connectivity index (χ3v) is 5.54. The van der Waals surface area contributed by atoms with Crippen LogP contribution in [0.25, 0.3) is 0 Å². The molecule has 0 saturated carbocycles. The highest BCUT2D eigenvalue weighted by atomic mass is 32.2. The van der Waals surface area contributed by atoms with E-state index in [-0.39, 0.29) is 11.7 Å². The van der Waals surface area contributed by atoms with Crippen LogP contribution >= 0.6 is 11.8 Å². The van der Waals surface area contributed by atoms with Crippen molar-refractivity contribution in [3.8, 4) is 0 Å². The molecule has 1 amide bonds. The molecule has 1 saturated heterocycles. The van der Waals surface area contributed by atoms with Crippen molar-refractivity contribution >= 4 is 17.7 Å². The van der Waals surface area contributed by atoms with Gasteiger partial charge in [0, 0.05) is 29.8 Å². The van der Waals surface area contributed by atoms with Crippen molar-refractivity contribution in [2.45, 2.75) is 30.8 Å². The zero-order valence-electron chi connectivity index (χ0n) is 14.3. The number of amides is 1. The first-order chi connectivity index (χ1) is 12.2. The first-order valence-electron chi connectivity index (χ1n) is 8.76. The number of hydrogen-bond acceptors (Lipinski definition) is 2. The standard InChI is InChI=1S/C20H23FN2OS/c21-18-7-9-19(10-8-18)25-15-20(24)22-13-16-5-1-2-6-17(16)14-23-11-3-4-12-23/h1-2,5-10H,3-4,11-15H2,(H,22,24)/p+1. The lowest BCUT2D eigenvalue weighted by Gasteiger charge is -2.15. The zero-order valence-corrected chi connectivity index (χ0v) is 15.1. The number of carbonyl (C=O) groups is 1. The highest BCUT2D eigenvalue weighted by Crippen LogP contribution is 2.17. The average Bonchev–Trinajstić information content (AvgIpc) is 3.13. The van der Waals surface area contributed by atoms with E-state index >= 15 is 0 Å². The number of thioether (sulfide) groups is 1. The van der Waals surface area contributed by atoms with Crippen LogP contribution in [0.3, 0.4) is 0 Å². The van der Waals surface area contributed by atoms with E-state index in [1.165, 1.54) is 61.0 Å². The predicted octanol–water partition coefficient (Wildman–Crippen LogP) is 2.41. The highest BCUT2D eigenvalue weighted by molar-refractivity contribution is 8.00. The molecule has 0 unspecified atom stereocenters. The molecule has 1 fully saturated rings. The number of benzene rings is 2. The summed E-state index contributed by atoms with van der Waals surface area (Å²) in [6, 6.07) is 14.6. The Hall–Kier alpha value is -1.85. The second-order valence-corrected chi connectivity index (χ2v) is 7.47. The quantitative estimate of drug-likeness (QED) is 0.745. The largest absolute Gasteiger partial charge is 0.351 e. The summed E-state index contributed by atoms with van der Waals surface area (Å²) in [5, 5.41) is 3.00. The van der Waals surface area contributed by atoms with Crippen molar-refractivity contribution in [2.24, 2.45) is 0 Å². The molecule has 0 radical (unpaired) electrons. The summed E-state index contributed by atoms with van der Waals surface area (Å²) in [4.78, 5) is 14.6. The molecule has 2 aromatic carbocycles. The number of quaternary nitrogens is 1. The molecule has 2 N–H and O–H groups in total. The molecule has 132 valence electrons. The Morgan fingerprint density at radius 1 is 1.04 bits per heavy atom. The molecule has 0 aliphatic carbocycles. The van der Waals surface area contributed by atoms with Crippen LogP contribution in [0.5, 0.6) is 0 Å². The SMILES string of the molecule is O=C(CSc1ccc(F)cc1)NCc1ccccc1C[NH+]1CCCC1. The van der Waals surface area contributed by atoms with Gasteiger partial charge < -0.3 is 10.2 Å². The third kappa shape index (κ3) is 5.58. The zero-order chi connectivity index (χ0) is 17.5. The van der Waals surface area contributed by atoms with E-state index in [1.807, 2.05) is 6.07 Å². The van der Waals surface area contributed by atoms with Gasteiger partial charge in [0.05, 0.1) is 18.8 Å². The minimum absolute atomic E-state index is 0.00218. The number of rotatable bonds is 7. The molecule has 3 rings (SSSR count). The van der Waals surface area contributed by atoms with Crippen LogP contribution in [0.2, 0.25) is 0 Å². The van der Waals surface area contributed by atoms with Crippen molar-refractivity contribution < 1.29 is 14.1 Å². The number of hydrogen-bond donors (Lipinski definition) is 2. The van der Waals surface area contributed by atoms with E-state index in [0.717, 1.165) is 11.4 Å². The van der Waals surface area contributed by atoms with Gasteiger partial charge in [-0.3, -0.25) is 4.79 Å². The molecule has 0 atom stereocenters. The summed E-state index contributed by atoms with van der Waals surface area (Å²) < 4.78 is 12.9. The van der Waals surface area contributed by atoms with Crippen LogP contribution in [0.4, 0.5) is 4.39 Å². The molecule has 2 aromatic rings. The maximum atomic E-state index is 12.9. The van der Waals surface area contributed by atoms with Crippen LogP contribution in [0, 0.1) is 5.82 Å². The summed E-state index contributed by atoms with van der Waals surface area (Å²) in [7, 11) is 0. The van der Waals surface area contributed by atoms with Crippen molar-refractivity contribution in [1.82, 2.24) is 5.32 Å². The average molecular weight is 359 g/mol. The molecule has 0 aromatic heterocycles. The van der Waals surface area contributed by atoms with Gasteiger partial charge in [0.25, 0.3) is 0 Å². The number of carbonyl (C=O) groups excluding carboxylic acids is 1. The summed E-state index contributed by atoms with van der Waals surface area (Å²) in [6.07, 6.45) is 2.63. The first kappa shape index (κ1) is 18.0. The van der Waals surface area contributed by atoms with Crippen molar-refractivity contribution in [1.29, 1.82) is 0 Å². The molecule has 3 nitrogen and oxygen atoms in total. The van der Waals surface area contributed by atoms with Crippen molar-refractivity contribution in [3.63, 3.8) is 0 Å². The molecule has 1 aliphatic heterocycles. The molecular formula is C20H24FN2OS+. The van der Waals surface area contributed by atoms with Gasteiger partial charge in [-0.2, -0.15) is 0 Å². The summed E-state index contributed by atoms with van der Waals surface area (Å²) in [5.41, 5.74) is 2.52. The first-order valence-corrected chi connectivity index (χ1v) is 9.75. The lowest BCUT2D eigenvalue weighted by atomic mass is 10.1. The lowest BCUT2D eigenvalue weighted by molar-refractivity contribution is -0.901. The molecule has 1 heterocycles.